The summed E-state index contributed by atoms with van der Waals surface area (Å²) in [6, 6.07) is 6.52. The molecule has 1 fully saturated rings. The third-order valence-electron chi connectivity index (χ3n) is 4.01. The Hall–Kier alpha value is -2.41. The molecule has 1 aliphatic carbocycles. The topological polar surface area (TPSA) is 95.9 Å². The van der Waals surface area contributed by atoms with E-state index in [1.165, 1.54) is 0 Å². The highest BCUT2D eigenvalue weighted by Crippen LogP contribution is 2.27. The summed E-state index contributed by atoms with van der Waals surface area (Å²) >= 11 is 0. The minimum absolute atomic E-state index is 0.0977. The average Bonchev–Trinajstić information content (AvgIpc) is 2.74. The van der Waals surface area contributed by atoms with Gasteiger partial charge in [-0.05, 0) is 37.8 Å². The third-order valence-corrected chi connectivity index (χ3v) is 4.01. The van der Waals surface area contributed by atoms with Crippen LogP contribution in [0.2, 0.25) is 0 Å². The van der Waals surface area contributed by atoms with Gasteiger partial charge < -0.3 is 10.4 Å². The van der Waals surface area contributed by atoms with Gasteiger partial charge >= 0.3 is 6.09 Å². The highest BCUT2D eigenvalue weighted by molar-refractivity contribution is 6.20. The van der Waals surface area contributed by atoms with Crippen LogP contribution in [0.5, 0.6) is 0 Å². The summed E-state index contributed by atoms with van der Waals surface area (Å²) in [5.74, 6) is -0.877. The normalized spacial score (nSPS) is 24.3. The Balaban J connectivity index is 1.61. The number of rotatable bonds is 3. The molecule has 7 nitrogen and oxygen atoms in total. The minimum atomic E-state index is -1.04. The zero-order valence-electron chi connectivity index (χ0n) is 11.8. The summed E-state index contributed by atoms with van der Waals surface area (Å²) in [4.78, 5) is 40.5. The van der Waals surface area contributed by atoms with Crippen LogP contribution in [0.4, 0.5) is 4.79 Å². The molecule has 1 aromatic carbocycles. The number of fused-ring (bicyclic) bond motifs is 1. The van der Waals surface area contributed by atoms with Crippen LogP contribution in [0.25, 0.3) is 0 Å². The Morgan fingerprint density at radius 3 is 2.14 bits per heavy atom. The number of hydrogen-bond donors (Lipinski definition) is 2. The molecule has 0 atom stereocenters. The van der Waals surface area contributed by atoms with E-state index in [9.17, 15) is 14.4 Å². The molecule has 3 rings (SSSR count). The van der Waals surface area contributed by atoms with Crippen molar-refractivity contribution in [3.05, 3.63) is 35.4 Å². The van der Waals surface area contributed by atoms with Crippen molar-refractivity contribution in [3.8, 4) is 0 Å². The summed E-state index contributed by atoms with van der Waals surface area (Å²) in [5.41, 5.74) is 0.711. The Labute approximate surface area is 126 Å². The number of carboxylic acid groups (broad SMARTS) is 1. The number of hydrogen-bond acceptors (Lipinski definition) is 4. The van der Waals surface area contributed by atoms with Crippen LogP contribution in [0.15, 0.2) is 24.3 Å². The van der Waals surface area contributed by atoms with E-state index in [1.807, 2.05) is 0 Å². The SMILES string of the molecule is O=C(O)N[C@H]1CC[C@@H](ON2C(=O)c3ccccc3C2=O)CC1. The number of hydroxylamine groups is 2. The molecule has 2 N–H and O–H groups in total. The predicted molar refractivity (Wildman–Crippen MR) is 75.2 cm³/mol. The molecule has 116 valence electrons. The Bertz CT molecular complexity index is 587. The van der Waals surface area contributed by atoms with Crippen LogP contribution in [0.1, 0.15) is 46.4 Å². The second kappa shape index (κ2) is 5.76. The van der Waals surface area contributed by atoms with Crippen molar-refractivity contribution >= 4 is 17.9 Å². The van der Waals surface area contributed by atoms with Crippen LogP contribution in [-0.2, 0) is 4.84 Å². The first kappa shape index (κ1) is 14.5. The number of benzene rings is 1. The Morgan fingerprint density at radius 1 is 1.09 bits per heavy atom. The first-order chi connectivity index (χ1) is 10.6. The second-order valence-corrected chi connectivity index (χ2v) is 5.48. The fourth-order valence-electron chi connectivity index (χ4n) is 2.90. The number of amides is 3. The molecule has 0 spiro atoms. The average molecular weight is 304 g/mol. The lowest BCUT2D eigenvalue weighted by Crippen LogP contribution is -2.41. The van der Waals surface area contributed by atoms with E-state index in [0.717, 1.165) is 5.06 Å². The molecule has 0 radical (unpaired) electrons. The van der Waals surface area contributed by atoms with Crippen LogP contribution < -0.4 is 5.32 Å². The van der Waals surface area contributed by atoms with E-state index >= 15 is 0 Å². The second-order valence-electron chi connectivity index (χ2n) is 5.48. The fraction of sp³-hybridized carbons (Fsp3) is 0.400. The molecule has 2 aliphatic rings. The number of nitrogens with one attached hydrogen (secondary N) is 1. The minimum Gasteiger partial charge on any atom is -0.465 e. The smallest absolute Gasteiger partial charge is 0.404 e. The van der Waals surface area contributed by atoms with Gasteiger partial charge in [-0.3, -0.25) is 14.4 Å². The van der Waals surface area contributed by atoms with Crippen LogP contribution in [-0.4, -0.2) is 40.2 Å². The van der Waals surface area contributed by atoms with Gasteiger partial charge in [0.25, 0.3) is 11.8 Å². The highest BCUT2D eigenvalue weighted by atomic mass is 16.7. The summed E-state index contributed by atoms with van der Waals surface area (Å²) in [5, 5.41) is 12.0. The fourth-order valence-corrected chi connectivity index (χ4v) is 2.90. The van der Waals surface area contributed by atoms with Crippen LogP contribution in [0.3, 0.4) is 0 Å². The molecule has 0 bridgehead atoms. The number of imide groups is 1. The molecule has 7 heteroatoms. The zero-order valence-corrected chi connectivity index (χ0v) is 11.8. The number of carbonyl (C=O) groups is 3. The van der Waals surface area contributed by atoms with E-state index in [0.29, 0.717) is 36.8 Å². The van der Waals surface area contributed by atoms with Crippen molar-refractivity contribution in [1.82, 2.24) is 10.4 Å². The molecule has 22 heavy (non-hydrogen) atoms. The zero-order chi connectivity index (χ0) is 15.7. The molecule has 1 aliphatic heterocycles. The van der Waals surface area contributed by atoms with Gasteiger partial charge in [0.2, 0.25) is 0 Å². The molecular formula is C15H16N2O5. The van der Waals surface area contributed by atoms with Crippen molar-refractivity contribution in [3.63, 3.8) is 0 Å². The molecule has 0 unspecified atom stereocenters. The van der Waals surface area contributed by atoms with E-state index in [-0.39, 0.29) is 12.1 Å². The molecule has 1 aromatic rings. The summed E-state index contributed by atoms with van der Waals surface area (Å²) < 4.78 is 0. The molecule has 1 saturated carbocycles. The van der Waals surface area contributed by atoms with Crippen molar-refractivity contribution in [1.29, 1.82) is 0 Å². The quantitative estimate of drug-likeness (QED) is 0.830. The van der Waals surface area contributed by atoms with Crippen molar-refractivity contribution < 1.29 is 24.3 Å². The maximum atomic E-state index is 12.2. The van der Waals surface area contributed by atoms with Crippen molar-refractivity contribution in [2.24, 2.45) is 0 Å². The molecule has 1 heterocycles. The first-order valence-electron chi connectivity index (χ1n) is 7.20. The van der Waals surface area contributed by atoms with Gasteiger partial charge in [-0.25, -0.2) is 4.79 Å². The van der Waals surface area contributed by atoms with Gasteiger partial charge in [-0.15, -0.1) is 5.06 Å². The van der Waals surface area contributed by atoms with Crippen molar-refractivity contribution in [2.75, 3.05) is 0 Å². The standard InChI is InChI=1S/C15H16N2O5/c18-13-11-3-1-2-4-12(11)14(19)17(13)22-10-7-5-9(6-8-10)16-15(20)21/h1-4,9-10,16H,5-8H2,(H,20,21)/t9-,10+. The number of nitrogens with zero attached hydrogens (tertiary/aromatic N) is 1. The predicted octanol–water partition coefficient (Wildman–Crippen LogP) is 1.79. The molecule has 3 amide bonds. The largest absolute Gasteiger partial charge is 0.465 e. The summed E-state index contributed by atoms with van der Waals surface area (Å²) in [6.07, 6.45) is 1.15. The van der Waals surface area contributed by atoms with E-state index < -0.39 is 17.9 Å². The number of carbonyl (C=O) groups excluding carboxylic acids is 2. The van der Waals surface area contributed by atoms with Gasteiger partial charge in [0.05, 0.1) is 17.2 Å². The van der Waals surface area contributed by atoms with Crippen LogP contribution >= 0.6 is 0 Å². The van der Waals surface area contributed by atoms with Gasteiger partial charge in [-0.2, -0.15) is 0 Å². The van der Waals surface area contributed by atoms with Crippen molar-refractivity contribution in [2.45, 2.75) is 37.8 Å². The lowest BCUT2D eigenvalue weighted by Gasteiger charge is -2.29. The lowest BCUT2D eigenvalue weighted by atomic mass is 9.93. The van der Waals surface area contributed by atoms with E-state index in [2.05, 4.69) is 5.32 Å². The first-order valence-corrected chi connectivity index (χ1v) is 7.20. The van der Waals surface area contributed by atoms with Gasteiger partial charge in [0, 0.05) is 6.04 Å². The Morgan fingerprint density at radius 2 is 1.64 bits per heavy atom. The summed E-state index contributed by atoms with van der Waals surface area (Å²) in [7, 11) is 0. The molecular weight excluding hydrogens is 288 g/mol. The maximum absolute atomic E-state index is 12.2. The lowest BCUT2D eigenvalue weighted by molar-refractivity contribution is -0.142. The third kappa shape index (κ3) is 2.67. The monoisotopic (exact) mass is 304 g/mol. The molecule has 0 aromatic heterocycles. The summed E-state index contributed by atoms with van der Waals surface area (Å²) in [6.45, 7) is 0. The molecule has 0 saturated heterocycles. The van der Waals surface area contributed by atoms with Gasteiger partial charge in [0.1, 0.15) is 0 Å². The highest BCUT2D eigenvalue weighted by Gasteiger charge is 2.38. The van der Waals surface area contributed by atoms with Crippen LogP contribution in [0, 0.1) is 0 Å². The van der Waals surface area contributed by atoms with E-state index in [4.69, 9.17) is 9.94 Å². The maximum Gasteiger partial charge on any atom is 0.404 e. The van der Waals surface area contributed by atoms with Gasteiger partial charge in [0.15, 0.2) is 0 Å². The Kier molecular flexibility index (Phi) is 3.81. The van der Waals surface area contributed by atoms with Gasteiger partial charge in [-0.1, -0.05) is 12.1 Å². The van der Waals surface area contributed by atoms with E-state index in [1.54, 1.807) is 24.3 Å².